The number of hydrogen-bond donors (Lipinski definition) is 0. The highest BCUT2D eigenvalue weighted by Crippen LogP contribution is 2.20. The molecule has 1 aromatic carbocycles. The highest BCUT2D eigenvalue weighted by atomic mass is 16.5. The molecule has 0 unspecified atom stereocenters. The van der Waals surface area contributed by atoms with Crippen LogP contribution in [0.25, 0.3) is 10.9 Å². The summed E-state index contributed by atoms with van der Waals surface area (Å²) in [7, 11) is 1.43. The van der Waals surface area contributed by atoms with Crippen molar-refractivity contribution in [1.29, 1.82) is 0 Å². The molecule has 0 amide bonds. The van der Waals surface area contributed by atoms with E-state index >= 15 is 0 Å². The maximum absolute atomic E-state index is 11.9. The molecule has 1 heterocycles. The lowest BCUT2D eigenvalue weighted by Crippen LogP contribution is -2.27. The van der Waals surface area contributed by atoms with Gasteiger partial charge in [-0.05, 0) is 25.2 Å². The van der Waals surface area contributed by atoms with E-state index in [-0.39, 0.29) is 5.97 Å². The first-order valence-corrected chi connectivity index (χ1v) is 7.10. The third-order valence-corrected chi connectivity index (χ3v) is 3.74. The average molecular weight is 274 g/mol. The zero-order chi connectivity index (χ0) is 14.5. The zero-order valence-electron chi connectivity index (χ0n) is 12.4. The van der Waals surface area contributed by atoms with Crippen molar-refractivity contribution < 1.29 is 9.53 Å². The number of carbonyl (C=O) groups is 1. The predicted molar refractivity (Wildman–Crippen MR) is 81.1 cm³/mol. The van der Waals surface area contributed by atoms with Crippen molar-refractivity contribution in [3.05, 3.63) is 36.0 Å². The molecule has 0 atom stereocenters. The maximum atomic E-state index is 11.9. The Kier molecular flexibility index (Phi) is 4.79. The van der Waals surface area contributed by atoms with Crippen LogP contribution in [0.4, 0.5) is 0 Å². The topological polar surface area (TPSA) is 34.5 Å². The molecule has 0 aliphatic carbocycles. The van der Waals surface area contributed by atoms with Crippen LogP contribution in [0.1, 0.15) is 24.3 Å². The SMILES string of the molecule is CCN(CC)CCn1c(C(=O)OC)cc2ccccc21. The van der Waals surface area contributed by atoms with Crippen LogP contribution in [-0.4, -0.2) is 42.2 Å². The van der Waals surface area contributed by atoms with Crippen LogP contribution in [0.3, 0.4) is 0 Å². The van der Waals surface area contributed by atoms with Gasteiger partial charge in [0, 0.05) is 24.0 Å². The van der Waals surface area contributed by atoms with Gasteiger partial charge in [0.15, 0.2) is 0 Å². The largest absolute Gasteiger partial charge is 0.464 e. The van der Waals surface area contributed by atoms with E-state index in [2.05, 4.69) is 23.3 Å². The number of benzene rings is 1. The highest BCUT2D eigenvalue weighted by molar-refractivity contribution is 5.95. The number of para-hydroxylation sites is 1. The Balaban J connectivity index is 2.35. The van der Waals surface area contributed by atoms with Crippen molar-refractivity contribution in [3.63, 3.8) is 0 Å². The second-order valence-corrected chi connectivity index (χ2v) is 4.76. The molecule has 20 heavy (non-hydrogen) atoms. The molecular weight excluding hydrogens is 252 g/mol. The van der Waals surface area contributed by atoms with Gasteiger partial charge in [-0.3, -0.25) is 0 Å². The monoisotopic (exact) mass is 274 g/mol. The number of methoxy groups -OCH3 is 1. The smallest absolute Gasteiger partial charge is 0.354 e. The molecule has 0 saturated carbocycles. The Hall–Kier alpha value is -1.81. The van der Waals surface area contributed by atoms with Crippen molar-refractivity contribution in [1.82, 2.24) is 9.47 Å². The van der Waals surface area contributed by atoms with Crippen molar-refractivity contribution in [3.8, 4) is 0 Å². The number of rotatable bonds is 6. The summed E-state index contributed by atoms with van der Waals surface area (Å²) in [6.07, 6.45) is 0. The normalized spacial score (nSPS) is 11.2. The van der Waals surface area contributed by atoms with Gasteiger partial charge in [0.1, 0.15) is 5.69 Å². The zero-order valence-corrected chi connectivity index (χ0v) is 12.4. The summed E-state index contributed by atoms with van der Waals surface area (Å²) in [5.74, 6) is -0.277. The van der Waals surface area contributed by atoms with E-state index in [1.54, 1.807) is 0 Å². The Labute approximate surface area is 119 Å². The average Bonchev–Trinajstić information content (AvgIpc) is 2.86. The Morgan fingerprint density at radius 2 is 1.95 bits per heavy atom. The number of likely N-dealkylation sites (N-methyl/N-ethyl adjacent to an activating group) is 1. The number of nitrogens with zero attached hydrogens (tertiary/aromatic N) is 2. The molecule has 1 aromatic heterocycles. The minimum Gasteiger partial charge on any atom is -0.464 e. The summed E-state index contributed by atoms with van der Waals surface area (Å²) in [5.41, 5.74) is 1.71. The van der Waals surface area contributed by atoms with Crippen LogP contribution in [-0.2, 0) is 11.3 Å². The minimum atomic E-state index is -0.277. The Bertz CT molecular complexity index is 585. The molecule has 0 fully saturated rings. The van der Waals surface area contributed by atoms with Crippen molar-refractivity contribution in [2.24, 2.45) is 0 Å². The lowest BCUT2D eigenvalue weighted by Gasteiger charge is -2.19. The first kappa shape index (κ1) is 14.6. The molecule has 0 aliphatic rings. The van der Waals surface area contributed by atoms with E-state index in [1.165, 1.54) is 7.11 Å². The quantitative estimate of drug-likeness (QED) is 0.760. The summed E-state index contributed by atoms with van der Waals surface area (Å²) in [6.45, 7) is 8.05. The van der Waals surface area contributed by atoms with E-state index in [0.717, 1.165) is 37.1 Å². The standard InChI is InChI=1S/C16H22N2O2/c1-4-17(5-2)10-11-18-14-9-7-6-8-13(14)12-15(18)16(19)20-3/h6-9,12H,4-5,10-11H2,1-3H3. The van der Waals surface area contributed by atoms with Gasteiger partial charge >= 0.3 is 5.97 Å². The second-order valence-electron chi connectivity index (χ2n) is 4.76. The van der Waals surface area contributed by atoms with Crippen LogP contribution >= 0.6 is 0 Å². The first-order chi connectivity index (χ1) is 9.71. The van der Waals surface area contributed by atoms with Crippen LogP contribution in [0, 0.1) is 0 Å². The predicted octanol–water partition coefficient (Wildman–Crippen LogP) is 2.77. The van der Waals surface area contributed by atoms with E-state index < -0.39 is 0 Å². The first-order valence-electron chi connectivity index (χ1n) is 7.10. The number of carbonyl (C=O) groups excluding carboxylic acids is 1. The van der Waals surface area contributed by atoms with Gasteiger partial charge in [-0.25, -0.2) is 4.79 Å². The van der Waals surface area contributed by atoms with Gasteiger partial charge in [0.2, 0.25) is 0 Å². The molecule has 0 radical (unpaired) electrons. The summed E-state index contributed by atoms with van der Waals surface area (Å²) in [5, 5.41) is 1.08. The van der Waals surface area contributed by atoms with Crippen molar-refractivity contribution in [2.75, 3.05) is 26.7 Å². The van der Waals surface area contributed by atoms with Crippen LogP contribution in [0.2, 0.25) is 0 Å². The molecule has 2 rings (SSSR count). The molecule has 0 saturated heterocycles. The van der Waals surface area contributed by atoms with Crippen LogP contribution < -0.4 is 0 Å². The lowest BCUT2D eigenvalue weighted by molar-refractivity contribution is 0.0588. The van der Waals surface area contributed by atoms with E-state index in [4.69, 9.17) is 4.74 Å². The van der Waals surface area contributed by atoms with Gasteiger partial charge in [-0.1, -0.05) is 32.0 Å². The molecule has 108 valence electrons. The highest BCUT2D eigenvalue weighted by Gasteiger charge is 2.16. The summed E-state index contributed by atoms with van der Waals surface area (Å²) >= 11 is 0. The Morgan fingerprint density at radius 3 is 2.60 bits per heavy atom. The number of esters is 1. The molecule has 4 nitrogen and oxygen atoms in total. The van der Waals surface area contributed by atoms with E-state index in [9.17, 15) is 4.79 Å². The van der Waals surface area contributed by atoms with E-state index in [0.29, 0.717) is 5.69 Å². The van der Waals surface area contributed by atoms with Crippen molar-refractivity contribution >= 4 is 16.9 Å². The fraction of sp³-hybridized carbons (Fsp3) is 0.438. The van der Waals surface area contributed by atoms with Crippen LogP contribution in [0.5, 0.6) is 0 Å². The molecule has 0 spiro atoms. The minimum absolute atomic E-state index is 0.277. The molecule has 4 heteroatoms. The van der Waals surface area contributed by atoms with Crippen LogP contribution in [0.15, 0.2) is 30.3 Å². The fourth-order valence-electron chi connectivity index (χ4n) is 2.51. The molecular formula is C16H22N2O2. The van der Waals surface area contributed by atoms with Gasteiger partial charge in [-0.15, -0.1) is 0 Å². The molecule has 0 bridgehead atoms. The van der Waals surface area contributed by atoms with Gasteiger partial charge in [-0.2, -0.15) is 0 Å². The summed E-state index contributed by atoms with van der Waals surface area (Å²) in [6, 6.07) is 9.96. The van der Waals surface area contributed by atoms with E-state index in [1.807, 2.05) is 30.3 Å². The summed E-state index contributed by atoms with van der Waals surface area (Å²) in [4.78, 5) is 14.3. The number of aromatic nitrogens is 1. The number of hydrogen-bond acceptors (Lipinski definition) is 3. The van der Waals surface area contributed by atoms with Gasteiger partial charge in [0.25, 0.3) is 0 Å². The number of fused-ring (bicyclic) bond motifs is 1. The lowest BCUT2D eigenvalue weighted by atomic mass is 10.2. The molecule has 0 N–H and O–H groups in total. The second kappa shape index (κ2) is 6.57. The Morgan fingerprint density at radius 1 is 1.25 bits per heavy atom. The molecule has 0 aliphatic heterocycles. The van der Waals surface area contributed by atoms with Gasteiger partial charge in [0.05, 0.1) is 7.11 Å². The third kappa shape index (κ3) is 2.85. The maximum Gasteiger partial charge on any atom is 0.354 e. The molecule has 2 aromatic rings. The van der Waals surface area contributed by atoms with Gasteiger partial charge < -0.3 is 14.2 Å². The fourth-order valence-corrected chi connectivity index (χ4v) is 2.51. The summed E-state index contributed by atoms with van der Waals surface area (Å²) < 4.78 is 6.95. The third-order valence-electron chi connectivity index (χ3n) is 3.74. The number of ether oxygens (including phenoxy) is 1. The van der Waals surface area contributed by atoms with Crippen molar-refractivity contribution in [2.45, 2.75) is 20.4 Å².